The summed E-state index contributed by atoms with van der Waals surface area (Å²) in [6, 6.07) is 0. The van der Waals surface area contributed by atoms with Crippen molar-refractivity contribution in [1.82, 2.24) is 0 Å². The van der Waals surface area contributed by atoms with Crippen molar-refractivity contribution >= 4 is 5.97 Å². The number of carbonyl (C=O) groups excluding carboxylic acids is 1. The Morgan fingerprint density at radius 2 is 2.08 bits per heavy atom. The van der Waals surface area contributed by atoms with Crippen LogP contribution >= 0.6 is 0 Å². The lowest BCUT2D eigenvalue weighted by Crippen LogP contribution is -2.16. The van der Waals surface area contributed by atoms with Gasteiger partial charge in [0, 0.05) is 0 Å². The number of ether oxygens (including phenoxy) is 1. The van der Waals surface area contributed by atoms with E-state index in [9.17, 15) is 4.79 Å². The molecule has 0 aromatic carbocycles. The highest BCUT2D eigenvalue weighted by atomic mass is 16.5. The molecule has 2 nitrogen and oxygen atoms in total. The molecule has 0 radical (unpaired) electrons. The molecule has 0 atom stereocenters. The molecule has 0 unspecified atom stereocenters. The first kappa shape index (κ1) is 8.86. The van der Waals surface area contributed by atoms with Crippen molar-refractivity contribution in [3.63, 3.8) is 0 Å². The fourth-order valence-electron chi connectivity index (χ4n) is 1.07. The van der Waals surface area contributed by atoms with Gasteiger partial charge in [0.15, 0.2) is 0 Å². The predicted molar refractivity (Wildman–Crippen MR) is 45.5 cm³/mol. The van der Waals surface area contributed by atoms with Crippen LogP contribution < -0.4 is 0 Å². The molecule has 0 spiro atoms. The third-order valence-electron chi connectivity index (χ3n) is 1.71. The van der Waals surface area contributed by atoms with Gasteiger partial charge in [-0.1, -0.05) is 11.5 Å². The molecule has 0 aromatic rings. The van der Waals surface area contributed by atoms with E-state index in [4.69, 9.17) is 4.74 Å². The topological polar surface area (TPSA) is 26.3 Å². The van der Waals surface area contributed by atoms with Gasteiger partial charge in [-0.05, 0) is 31.9 Å². The summed E-state index contributed by atoms with van der Waals surface area (Å²) < 4.78 is 4.90. The number of hydrogen-bond donors (Lipinski definition) is 0. The predicted octanol–water partition coefficient (Wildman–Crippen LogP) is 1.83. The highest BCUT2D eigenvalue weighted by molar-refractivity contribution is 5.72. The van der Waals surface area contributed by atoms with Crippen LogP contribution in [0.1, 0.15) is 19.8 Å². The number of carbonyl (C=O) groups is 1. The molecular formula is C10H12O2. The maximum absolute atomic E-state index is 11.2. The Hall–Kier alpha value is -1.23. The van der Waals surface area contributed by atoms with Crippen LogP contribution in [-0.4, -0.2) is 12.6 Å². The first-order valence-electron chi connectivity index (χ1n) is 4.15. The molecule has 0 saturated carbocycles. The maximum Gasteiger partial charge on any atom is 0.309 e. The molecule has 2 heteroatoms. The Morgan fingerprint density at radius 1 is 1.50 bits per heavy atom. The monoisotopic (exact) mass is 164 g/mol. The zero-order valence-corrected chi connectivity index (χ0v) is 7.17. The lowest BCUT2D eigenvalue weighted by molar-refractivity contribution is -0.147. The summed E-state index contributed by atoms with van der Waals surface area (Å²) in [5.74, 6) is -0.150. The van der Waals surface area contributed by atoms with Crippen LogP contribution in [-0.2, 0) is 9.53 Å². The van der Waals surface area contributed by atoms with Crippen LogP contribution in [0, 0.1) is 5.92 Å². The summed E-state index contributed by atoms with van der Waals surface area (Å²) in [7, 11) is 0. The van der Waals surface area contributed by atoms with E-state index >= 15 is 0 Å². The summed E-state index contributed by atoms with van der Waals surface area (Å²) in [4.78, 5) is 11.2. The number of allylic oxidation sites excluding steroid dienone is 2. The van der Waals surface area contributed by atoms with Crippen molar-refractivity contribution < 1.29 is 9.53 Å². The molecule has 0 aliphatic heterocycles. The van der Waals surface area contributed by atoms with Crippen LogP contribution in [0.25, 0.3) is 0 Å². The summed E-state index contributed by atoms with van der Waals surface area (Å²) >= 11 is 0. The zero-order chi connectivity index (χ0) is 8.81. The zero-order valence-electron chi connectivity index (χ0n) is 7.17. The largest absolute Gasteiger partial charge is 0.466 e. The average molecular weight is 164 g/mol. The van der Waals surface area contributed by atoms with Gasteiger partial charge in [-0.3, -0.25) is 4.79 Å². The fourth-order valence-corrected chi connectivity index (χ4v) is 1.07. The quantitative estimate of drug-likeness (QED) is 0.459. The van der Waals surface area contributed by atoms with Gasteiger partial charge >= 0.3 is 5.97 Å². The average Bonchev–Trinajstić information content (AvgIpc) is 2.32. The SMILES string of the molecule is CCOC(=O)C1CC=C=C=CC1. The molecule has 0 saturated heterocycles. The molecular weight excluding hydrogens is 152 g/mol. The Bertz CT molecular complexity index is 235. The molecule has 1 rings (SSSR count). The summed E-state index contributed by atoms with van der Waals surface area (Å²) in [6.45, 7) is 2.27. The third kappa shape index (κ3) is 2.43. The minimum atomic E-state index is -0.115. The van der Waals surface area contributed by atoms with Gasteiger partial charge in [0.1, 0.15) is 0 Å². The molecule has 1 aliphatic rings. The minimum Gasteiger partial charge on any atom is -0.466 e. The third-order valence-corrected chi connectivity index (χ3v) is 1.71. The molecule has 0 bridgehead atoms. The van der Waals surface area contributed by atoms with Gasteiger partial charge in [-0.15, -0.1) is 0 Å². The normalized spacial score (nSPS) is 16.1. The Labute approximate surface area is 72.2 Å². The lowest BCUT2D eigenvalue weighted by Gasteiger charge is -2.09. The van der Waals surface area contributed by atoms with Crippen molar-refractivity contribution in [2.24, 2.45) is 5.92 Å². The first-order chi connectivity index (χ1) is 5.84. The second-order valence-electron chi connectivity index (χ2n) is 2.62. The molecule has 0 N–H and O–H groups in total. The van der Waals surface area contributed by atoms with Crippen molar-refractivity contribution in [3.05, 3.63) is 23.6 Å². The van der Waals surface area contributed by atoms with E-state index in [1.807, 2.05) is 19.1 Å². The fraction of sp³-hybridized carbons (Fsp3) is 0.500. The van der Waals surface area contributed by atoms with Gasteiger partial charge < -0.3 is 4.74 Å². The maximum atomic E-state index is 11.2. The summed E-state index contributed by atoms with van der Waals surface area (Å²) in [6.07, 6.45) is 5.07. The minimum absolute atomic E-state index is 0.0348. The summed E-state index contributed by atoms with van der Waals surface area (Å²) in [5, 5.41) is 0. The number of esters is 1. The second-order valence-corrected chi connectivity index (χ2v) is 2.62. The van der Waals surface area contributed by atoms with Crippen molar-refractivity contribution in [2.45, 2.75) is 19.8 Å². The molecule has 0 heterocycles. The Kier molecular flexibility index (Phi) is 3.40. The van der Waals surface area contributed by atoms with Crippen LogP contribution in [0.5, 0.6) is 0 Å². The van der Waals surface area contributed by atoms with E-state index in [-0.39, 0.29) is 11.9 Å². The van der Waals surface area contributed by atoms with Gasteiger partial charge in [-0.25, -0.2) is 0 Å². The van der Waals surface area contributed by atoms with E-state index < -0.39 is 0 Å². The van der Waals surface area contributed by atoms with E-state index in [0.29, 0.717) is 19.4 Å². The number of rotatable bonds is 2. The number of hydrogen-bond acceptors (Lipinski definition) is 2. The van der Waals surface area contributed by atoms with Gasteiger partial charge in [0.2, 0.25) is 0 Å². The lowest BCUT2D eigenvalue weighted by atomic mass is 10.0. The first-order valence-corrected chi connectivity index (χ1v) is 4.15. The molecule has 0 amide bonds. The van der Waals surface area contributed by atoms with E-state index in [0.717, 1.165) is 0 Å². The molecule has 0 fully saturated rings. The van der Waals surface area contributed by atoms with Gasteiger partial charge in [-0.2, -0.15) is 0 Å². The highest BCUT2D eigenvalue weighted by Crippen LogP contribution is 2.13. The van der Waals surface area contributed by atoms with Gasteiger partial charge in [0.05, 0.1) is 12.5 Å². The van der Waals surface area contributed by atoms with Crippen LogP contribution in [0.3, 0.4) is 0 Å². The van der Waals surface area contributed by atoms with E-state index in [1.165, 1.54) is 0 Å². The Balaban J connectivity index is 2.50. The molecule has 64 valence electrons. The highest BCUT2D eigenvalue weighted by Gasteiger charge is 2.17. The second kappa shape index (κ2) is 4.61. The molecule has 12 heavy (non-hydrogen) atoms. The smallest absolute Gasteiger partial charge is 0.309 e. The van der Waals surface area contributed by atoms with Crippen molar-refractivity contribution in [2.75, 3.05) is 6.61 Å². The van der Waals surface area contributed by atoms with Crippen LogP contribution in [0.4, 0.5) is 0 Å². The van der Waals surface area contributed by atoms with Crippen LogP contribution in [0.15, 0.2) is 23.6 Å². The molecule has 0 aromatic heterocycles. The van der Waals surface area contributed by atoms with E-state index in [1.54, 1.807) is 0 Å². The Morgan fingerprint density at radius 3 is 2.58 bits per heavy atom. The van der Waals surface area contributed by atoms with E-state index in [2.05, 4.69) is 11.5 Å². The summed E-state index contributed by atoms with van der Waals surface area (Å²) in [5.41, 5.74) is 5.67. The van der Waals surface area contributed by atoms with Crippen LogP contribution in [0.2, 0.25) is 0 Å². The van der Waals surface area contributed by atoms with Crippen molar-refractivity contribution in [1.29, 1.82) is 0 Å². The van der Waals surface area contributed by atoms with Crippen molar-refractivity contribution in [3.8, 4) is 0 Å². The van der Waals surface area contributed by atoms with Gasteiger partial charge in [0.25, 0.3) is 0 Å². The standard InChI is InChI=1S/C10H12O2/c1-2-12-10(11)9-7-5-3-4-6-8-9/h5-6,9H,2,7-8H2,1H3. The molecule has 1 aliphatic carbocycles.